The summed E-state index contributed by atoms with van der Waals surface area (Å²) in [5.41, 5.74) is 5.37. The van der Waals surface area contributed by atoms with E-state index < -0.39 is 6.03 Å². The Labute approximate surface area is 57.3 Å². The van der Waals surface area contributed by atoms with Crippen LogP contribution in [0.2, 0.25) is 0 Å². The number of nitrogens with one attached hydrogen (secondary N) is 1. The van der Waals surface area contributed by atoms with Crippen LogP contribution in [0, 0.1) is 0 Å². The number of hydrogen-bond donors (Lipinski definition) is 2. The highest BCUT2D eigenvalue weighted by Crippen LogP contribution is 1.98. The molecule has 0 saturated heterocycles. The topological polar surface area (TPSA) is 80.9 Å². The smallest absolute Gasteiger partial charge is 0.316 e. The van der Waals surface area contributed by atoms with Crippen molar-refractivity contribution in [2.45, 2.75) is 0 Å². The zero-order valence-corrected chi connectivity index (χ0v) is 5.11. The van der Waals surface area contributed by atoms with Gasteiger partial charge in [0.05, 0.1) is 18.1 Å². The minimum absolute atomic E-state index is 0.544. The maximum Gasteiger partial charge on any atom is 0.316 e. The van der Waals surface area contributed by atoms with E-state index in [1.54, 1.807) is 6.07 Å². The summed E-state index contributed by atoms with van der Waals surface area (Å²) in [5.74, 6) is 0. The van der Waals surface area contributed by atoms with Gasteiger partial charge in [-0.1, -0.05) is 0 Å². The molecular formula is C5H6N4O. The van der Waals surface area contributed by atoms with E-state index in [0.717, 1.165) is 0 Å². The maximum absolute atomic E-state index is 10.2. The molecule has 0 saturated carbocycles. The van der Waals surface area contributed by atoms with E-state index in [-0.39, 0.29) is 0 Å². The zero-order chi connectivity index (χ0) is 7.40. The molecule has 1 heterocycles. The van der Waals surface area contributed by atoms with Gasteiger partial charge in [0.2, 0.25) is 0 Å². The Bertz CT molecular complexity index is 222. The summed E-state index contributed by atoms with van der Waals surface area (Å²) in [7, 11) is 0. The first-order valence-corrected chi connectivity index (χ1v) is 2.62. The highest BCUT2D eigenvalue weighted by Gasteiger charge is 1.92. The largest absolute Gasteiger partial charge is 0.351 e. The molecule has 0 spiro atoms. The van der Waals surface area contributed by atoms with Crippen molar-refractivity contribution >= 4 is 11.7 Å². The Balaban J connectivity index is 2.67. The number of urea groups is 1. The second kappa shape index (κ2) is 2.77. The van der Waals surface area contributed by atoms with Crippen molar-refractivity contribution in [1.29, 1.82) is 0 Å². The molecule has 0 aliphatic heterocycles. The van der Waals surface area contributed by atoms with Gasteiger partial charge in [0.15, 0.2) is 0 Å². The summed E-state index contributed by atoms with van der Waals surface area (Å²) in [4.78, 5) is 10.2. The number of rotatable bonds is 1. The van der Waals surface area contributed by atoms with Gasteiger partial charge in [-0.15, -0.1) is 0 Å². The van der Waals surface area contributed by atoms with E-state index in [9.17, 15) is 4.79 Å². The number of nitrogens with zero attached hydrogens (tertiary/aromatic N) is 2. The fourth-order valence-electron chi connectivity index (χ4n) is 0.507. The van der Waals surface area contributed by atoms with Crippen molar-refractivity contribution in [3.8, 4) is 0 Å². The predicted octanol–water partition coefficient (Wildman–Crippen LogP) is -0.0328. The van der Waals surface area contributed by atoms with Crippen molar-refractivity contribution < 1.29 is 4.79 Å². The first-order valence-electron chi connectivity index (χ1n) is 2.62. The summed E-state index contributed by atoms with van der Waals surface area (Å²) >= 11 is 0. The standard InChI is InChI=1S/C5H6N4O/c6-5(10)9-4-1-2-7-8-3-4/h1-3H,(H3,6,7,9,10). The van der Waals surface area contributed by atoms with Crippen LogP contribution in [0.3, 0.4) is 0 Å². The molecule has 1 aromatic heterocycles. The van der Waals surface area contributed by atoms with Crippen LogP contribution in [-0.2, 0) is 0 Å². The molecular weight excluding hydrogens is 132 g/mol. The molecule has 0 aliphatic rings. The molecule has 3 N–H and O–H groups in total. The van der Waals surface area contributed by atoms with Gasteiger partial charge in [-0.2, -0.15) is 10.2 Å². The van der Waals surface area contributed by atoms with Gasteiger partial charge in [-0.3, -0.25) is 0 Å². The molecule has 10 heavy (non-hydrogen) atoms. The third-order valence-corrected chi connectivity index (χ3v) is 0.852. The molecule has 1 aromatic rings. The molecule has 5 nitrogen and oxygen atoms in total. The number of hydrogen-bond acceptors (Lipinski definition) is 3. The quantitative estimate of drug-likeness (QED) is 0.571. The van der Waals surface area contributed by atoms with Gasteiger partial charge < -0.3 is 11.1 Å². The SMILES string of the molecule is NC(=O)Nc1ccnnc1. The molecule has 2 amide bonds. The van der Waals surface area contributed by atoms with Crippen LogP contribution in [0.1, 0.15) is 0 Å². The van der Waals surface area contributed by atoms with Crippen molar-refractivity contribution in [2.75, 3.05) is 5.32 Å². The Hall–Kier alpha value is -1.65. The summed E-state index contributed by atoms with van der Waals surface area (Å²) in [6.45, 7) is 0. The lowest BCUT2D eigenvalue weighted by Gasteiger charge is -1.96. The molecule has 52 valence electrons. The number of nitrogens with two attached hydrogens (primary N) is 1. The Morgan fingerprint density at radius 2 is 2.40 bits per heavy atom. The third kappa shape index (κ3) is 1.70. The van der Waals surface area contributed by atoms with Crippen molar-refractivity contribution in [1.82, 2.24) is 10.2 Å². The average molecular weight is 138 g/mol. The number of carbonyl (C=O) groups is 1. The van der Waals surface area contributed by atoms with E-state index >= 15 is 0 Å². The summed E-state index contributed by atoms with van der Waals surface area (Å²) in [6.07, 6.45) is 2.87. The summed E-state index contributed by atoms with van der Waals surface area (Å²) in [6, 6.07) is 0.991. The second-order valence-corrected chi connectivity index (χ2v) is 1.62. The fraction of sp³-hybridized carbons (Fsp3) is 0. The van der Waals surface area contributed by atoms with E-state index in [1.165, 1.54) is 12.4 Å². The van der Waals surface area contributed by atoms with Crippen LogP contribution in [0.15, 0.2) is 18.5 Å². The number of primary amides is 1. The molecule has 0 atom stereocenters. The lowest BCUT2D eigenvalue weighted by atomic mass is 10.5. The van der Waals surface area contributed by atoms with E-state index in [0.29, 0.717) is 5.69 Å². The molecule has 0 aliphatic carbocycles. The molecule has 1 rings (SSSR count). The van der Waals surface area contributed by atoms with Gasteiger partial charge in [-0.05, 0) is 6.07 Å². The first-order chi connectivity index (χ1) is 4.79. The summed E-state index contributed by atoms with van der Waals surface area (Å²) < 4.78 is 0. The highest BCUT2D eigenvalue weighted by atomic mass is 16.2. The molecule has 0 radical (unpaired) electrons. The monoisotopic (exact) mass is 138 g/mol. The number of amides is 2. The van der Waals surface area contributed by atoms with E-state index in [1.807, 2.05) is 0 Å². The molecule has 0 aromatic carbocycles. The molecule has 0 unspecified atom stereocenters. The molecule has 5 heteroatoms. The average Bonchev–Trinajstić information content (AvgIpc) is 1.88. The lowest BCUT2D eigenvalue weighted by molar-refractivity contribution is 0.259. The van der Waals surface area contributed by atoms with Gasteiger partial charge in [0.1, 0.15) is 0 Å². The third-order valence-electron chi connectivity index (χ3n) is 0.852. The molecule has 0 fully saturated rings. The van der Waals surface area contributed by atoms with Crippen molar-refractivity contribution in [3.05, 3.63) is 18.5 Å². The lowest BCUT2D eigenvalue weighted by Crippen LogP contribution is -2.19. The molecule has 0 bridgehead atoms. The Morgan fingerprint density at radius 1 is 1.60 bits per heavy atom. The van der Waals surface area contributed by atoms with E-state index in [2.05, 4.69) is 15.5 Å². The van der Waals surface area contributed by atoms with Crippen LogP contribution in [-0.4, -0.2) is 16.2 Å². The Kier molecular flexibility index (Phi) is 1.79. The first kappa shape index (κ1) is 6.47. The number of aromatic nitrogens is 2. The van der Waals surface area contributed by atoms with Crippen LogP contribution in [0.4, 0.5) is 10.5 Å². The number of carbonyl (C=O) groups excluding carboxylic acids is 1. The Morgan fingerprint density at radius 3 is 2.90 bits per heavy atom. The van der Waals surface area contributed by atoms with E-state index in [4.69, 9.17) is 5.73 Å². The minimum Gasteiger partial charge on any atom is -0.351 e. The normalized spacial score (nSPS) is 8.80. The van der Waals surface area contributed by atoms with Gasteiger partial charge in [0, 0.05) is 0 Å². The zero-order valence-electron chi connectivity index (χ0n) is 5.11. The van der Waals surface area contributed by atoms with Crippen LogP contribution in [0.5, 0.6) is 0 Å². The predicted molar refractivity (Wildman–Crippen MR) is 35.2 cm³/mol. The highest BCUT2D eigenvalue weighted by molar-refractivity contribution is 5.87. The van der Waals surface area contributed by atoms with Gasteiger partial charge in [0.25, 0.3) is 0 Å². The minimum atomic E-state index is -0.604. The maximum atomic E-state index is 10.2. The van der Waals surface area contributed by atoms with Crippen LogP contribution in [0.25, 0.3) is 0 Å². The fourth-order valence-corrected chi connectivity index (χ4v) is 0.507. The van der Waals surface area contributed by atoms with Gasteiger partial charge >= 0.3 is 6.03 Å². The van der Waals surface area contributed by atoms with Crippen LogP contribution >= 0.6 is 0 Å². The number of anilines is 1. The van der Waals surface area contributed by atoms with Crippen molar-refractivity contribution in [3.63, 3.8) is 0 Å². The second-order valence-electron chi connectivity index (χ2n) is 1.62. The van der Waals surface area contributed by atoms with Crippen LogP contribution < -0.4 is 11.1 Å². The van der Waals surface area contributed by atoms with Gasteiger partial charge in [-0.25, -0.2) is 4.79 Å². The summed E-state index contributed by atoms with van der Waals surface area (Å²) in [5, 5.41) is 9.37. The van der Waals surface area contributed by atoms with Crippen molar-refractivity contribution in [2.24, 2.45) is 5.73 Å².